The molecule has 0 saturated heterocycles. The van der Waals surface area contributed by atoms with Crippen LogP contribution in [0.15, 0.2) is 107 Å². The number of hydrogen-bond acceptors (Lipinski definition) is 3. The van der Waals surface area contributed by atoms with Crippen LogP contribution < -0.4 is 10.2 Å². The summed E-state index contributed by atoms with van der Waals surface area (Å²) in [5, 5.41) is 14.6. The van der Waals surface area contributed by atoms with Gasteiger partial charge in [-0.25, -0.2) is 0 Å². The molecule has 5 rings (SSSR count). The molecule has 2 atom stereocenters. The summed E-state index contributed by atoms with van der Waals surface area (Å²) in [5.41, 5.74) is 4.92. The number of hydrogen-bond donors (Lipinski definition) is 2. The molecule has 0 spiro atoms. The second kappa shape index (κ2) is 7.59. The van der Waals surface area contributed by atoms with Crippen molar-refractivity contribution < 1.29 is 9.90 Å². The fraction of sp³-hybridized carbons (Fsp3) is 0.0800. The van der Waals surface area contributed by atoms with Gasteiger partial charge in [0.1, 0.15) is 6.10 Å². The van der Waals surface area contributed by atoms with Gasteiger partial charge in [-0.2, -0.15) is 0 Å². The van der Waals surface area contributed by atoms with E-state index >= 15 is 0 Å². The molecule has 148 valence electrons. The number of amides is 1. The molecule has 0 fully saturated rings. The standard InChI is InChI=1S/C25H19BrN2O2/c26-18-11-13-19(14-12-18)28-20-15-21(29)27-23(20)22(16-7-3-1-4-8-16)25(30)24(28)17-9-5-2-6-10-17/h1-15,24-25,30H,(H,27,29)/t24-,25+/m0/s1. The van der Waals surface area contributed by atoms with E-state index in [1.165, 1.54) is 0 Å². The average Bonchev–Trinajstić information content (AvgIpc) is 3.15. The first-order valence-electron chi connectivity index (χ1n) is 9.74. The molecule has 0 bridgehead atoms. The number of benzene rings is 3. The molecule has 3 aromatic rings. The fourth-order valence-electron chi connectivity index (χ4n) is 4.23. The van der Waals surface area contributed by atoms with Crippen molar-refractivity contribution in [3.05, 3.63) is 118 Å². The van der Waals surface area contributed by atoms with E-state index in [2.05, 4.69) is 21.2 Å². The predicted octanol–water partition coefficient (Wildman–Crippen LogP) is 4.80. The Hall–Kier alpha value is -3.15. The van der Waals surface area contributed by atoms with Crippen molar-refractivity contribution in [3.8, 4) is 0 Å². The Labute approximate surface area is 183 Å². The van der Waals surface area contributed by atoms with E-state index in [-0.39, 0.29) is 11.9 Å². The first-order valence-corrected chi connectivity index (χ1v) is 10.5. The van der Waals surface area contributed by atoms with Gasteiger partial charge in [0.25, 0.3) is 5.91 Å². The molecule has 0 aliphatic carbocycles. The summed E-state index contributed by atoms with van der Waals surface area (Å²) in [6.07, 6.45) is 0.770. The van der Waals surface area contributed by atoms with Gasteiger partial charge in [-0.1, -0.05) is 76.6 Å². The number of nitrogens with zero attached hydrogens (tertiary/aromatic N) is 1. The Bertz CT molecular complexity index is 1150. The first kappa shape index (κ1) is 18.9. The monoisotopic (exact) mass is 458 g/mol. The van der Waals surface area contributed by atoms with Crippen LogP contribution in [-0.2, 0) is 4.79 Å². The molecule has 0 radical (unpaired) electrons. The smallest absolute Gasteiger partial charge is 0.250 e. The van der Waals surface area contributed by atoms with Gasteiger partial charge in [0.2, 0.25) is 0 Å². The zero-order valence-corrected chi connectivity index (χ0v) is 17.6. The van der Waals surface area contributed by atoms with Crippen LogP contribution in [0.2, 0.25) is 0 Å². The van der Waals surface area contributed by atoms with E-state index in [4.69, 9.17) is 0 Å². The van der Waals surface area contributed by atoms with Crippen molar-refractivity contribution in [2.24, 2.45) is 0 Å². The van der Waals surface area contributed by atoms with Gasteiger partial charge >= 0.3 is 0 Å². The van der Waals surface area contributed by atoms with E-state index in [0.717, 1.165) is 32.6 Å². The van der Waals surface area contributed by atoms with Gasteiger partial charge in [0.05, 0.1) is 17.4 Å². The van der Waals surface area contributed by atoms with Gasteiger partial charge < -0.3 is 15.3 Å². The predicted molar refractivity (Wildman–Crippen MR) is 121 cm³/mol. The van der Waals surface area contributed by atoms with Crippen LogP contribution >= 0.6 is 15.9 Å². The minimum atomic E-state index is -0.844. The summed E-state index contributed by atoms with van der Waals surface area (Å²) in [6, 6.07) is 27.2. The minimum Gasteiger partial charge on any atom is -0.386 e. The normalized spacial score (nSPS) is 20.7. The van der Waals surface area contributed by atoms with Crippen molar-refractivity contribution in [2.45, 2.75) is 12.1 Å². The van der Waals surface area contributed by atoms with Crippen LogP contribution in [0, 0.1) is 0 Å². The van der Waals surface area contributed by atoms with Gasteiger partial charge in [0.15, 0.2) is 0 Å². The van der Waals surface area contributed by atoms with Crippen molar-refractivity contribution in [1.29, 1.82) is 0 Å². The highest BCUT2D eigenvalue weighted by molar-refractivity contribution is 9.10. The number of anilines is 1. The van der Waals surface area contributed by atoms with Crippen LogP contribution in [0.1, 0.15) is 17.2 Å². The molecular weight excluding hydrogens is 440 g/mol. The van der Waals surface area contributed by atoms with Gasteiger partial charge in [0, 0.05) is 21.8 Å². The van der Waals surface area contributed by atoms with Crippen molar-refractivity contribution in [2.75, 3.05) is 4.90 Å². The maximum atomic E-state index is 12.4. The number of carbonyl (C=O) groups is 1. The molecule has 2 heterocycles. The Morgan fingerprint density at radius 2 is 1.50 bits per heavy atom. The highest BCUT2D eigenvalue weighted by Gasteiger charge is 2.43. The fourth-order valence-corrected chi connectivity index (χ4v) is 4.49. The molecule has 5 heteroatoms. The minimum absolute atomic E-state index is 0.184. The maximum Gasteiger partial charge on any atom is 0.250 e. The van der Waals surface area contributed by atoms with E-state index in [9.17, 15) is 9.90 Å². The number of fused-ring (bicyclic) bond motifs is 1. The Morgan fingerprint density at radius 3 is 2.17 bits per heavy atom. The van der Waals surface area contributed by atoms with Crippen LogP contribution in [-0.4, -0.2) is 17.1 Å². The first-order chi connectivity index (χ1) is 14.6. The van der Waals surface area contributed by atoms with E-state index < -0.39 is 6.10 Å². The third-order valence-corrected chi connectivity index (χ3v) is 6.03. The van der Waals surface area contributed by atoms with Crippen molar-refractivity contribution in [1.82, 2.24) is 5.32 Å². The quantitative estimate of drug-likeness (QED) is 0.592. The summed E-state index contributed by atoms with van der Waals surface area (Å²) in [4.78, 5) is 14.5. The zero-order valence-electron chi connectivity index (χ0n) is 16.0. The lowest BCUT2D eigenvalue weighted by Gasteiger charge is -2.43. The summed E-state index contributed by atoms with van der Waals surface area (Å²) in [5.74, 6) is -0.184. The topological polar surface area (TPSA) is 52.6 Å². The van der Waals surface area contributed by atoms with E-state index in [0.29, 0.717) is 5.70 Å². The number of aliphatic hydroxyl groups is 1. The number of aliphatic hydroxyl groups excluding tert-OH is 1. The van der Waals surface area contributed by atoms with Crippen LogP contribution in [0.4, 0.5) is 5.69 Å². The molecule has 2 aliphatic rings. The Morgan fingerprint density at radius 1 is 0.867 bits per heavy atom. The Kier molecular flexibility index (Phi) is 4.77. The number of rotatable bonds is 3. The van der Waals surface area contributed by atoms with Crippen LogP contribution in [0.25, 0.3) is 5.57 Å². The van der Waals surface area contributed by atoms with Crippen molar-refractivity contribution in [3.63, 3.8) is 0 Å². The number of halogens is 1. The van der Waals surface area contributed by atoms with E-state index in [1.807, 2.05) is 89.8 Å². The van der Waals surface area contributed by atoms with Gasteiger partial charge in [-0.15, -0.1) is 0 Å². The van der Waals surface area contributed by atoms with E-state index in [1.54, 1.807) is 6.08 Å². The molecule has 2 N–H and O–H groups in total. The number of nitrogens with one attached hydrogen (secondary N) is 1. The summed E-state index contributed by atoms with van der Waals surface area (Å²) < 4.78 is 0.968. The third kappa shape index (κ3) is 3.16. The summed E-state index contributed by atoms with van der Waals surface area (Å²) >= 11 is 3.49. The van der Waals surface area contributed by atoms with Crippen LogP contribution in [0.3, 0.4) is 0 Å². The second-order valence-electron chi connectivity index (χ2n) is 7.32. The lowest BCUT2D eigenvalue weighted by atomic mass is 9.84. The van der Waals surface area contributed by atoms with Crippen LogP contribution in [0.5, 0.6) is 0 Å². The summed E-state index contributed by atoms with van der Waals surface area (Å²) in [7, 11) is 0. The highest BCUT2D eigenvalue weighted by atomic mass is 79.9. The third-order valence-electron chi connectivity index (χ3n) is 5.50. The largest absolute Gasteiger partial charge is 0.386 e. The lowest BCUT2D eigenvalue weighted by Crippen LogP contribution is -2.42. The maximum absolute atomic E-state index is 12.4. The number of carbonyl (C=O) groups excluding carboxylic acids is 1. The molecule has 0 saturated carbocycles. The molecule has 2 aliphatic heterocycles. The molecular formula is C25H19BrN2O2. The van der Waals surface area contributed by atoms with Gasteiger partial charge in [-0.05, 0) is 35.4 Å². The molecule has 1 amide bonds. The SMILES string of the molecule is O=C1C=C2C(=C(c3ccccc3)[C@@H](O)[C@H](c3ccccc3)N2c2ccc(Br)cc2)N1. The van der Waals surface area contributed by atoms with Crippen molar-refractivity contribution >= 4 is 33.1 Å². The highest BCUT2D eigenvalue weighted by Crippen LogP contribution is 2.46. The Balaban J connectivity index is 1.77. The zero-order chi connectivity index (χ0) is 20.7. The summed E-state index contributed by atoms with van der Waals surface area (Å²) in [6.45, 7) is 0. The van der Waals surface area contributed by atoms with Gasteiger partial charge in [-0.3, -0.25) is 4.79 Å². The molecule has 0 unspecified atom stereocenters. The lowest BCUT2D eigenvalue weighted by molar-refractivity contribution is -0.115. The molecule has 0 aromatic heterocycles. The molecule has 4 nitrogen and oxygen atoms in total. The second-order valence-corrected chi connectivity index (χ2v) is 8.24. The average molecular weight is 459 g/mol. The molecule has 3 aromatic carbocycles. The molecule has 30 heavy (non-hydrogen) atoms.